The van der Waals surface area contributed by atoms with Gasteiger partial charge in [0.05, 0.1) is 41.7 Å². The normalized spacial score (nSPS) is 15.7. The van der Waals surface area contributed by atoms with E-state index in [1.165, 1.54) is 30.6 Å². The molecule has 0 fully saturated rings. The molecule has 164 valence electrons. The Morgan fingerprint density at radius 2 is 2.03 bits per heavy atom. The summed E-state index contributed by atoms with van der Waals surface area (Å²) in [6.45, 7) is 1.43. The molecule has 0 saturated carbocycles. The van der Waals surface area contributed by atoms with Gasteiger partial charge in [0.1, 0.15) is 17.9 Å². The van der Waals surface area contributed by atoms with Gasteiger partial charge in [-0.25, -0.2) is 14.4 Å². The zero-order valence-corrected chi connectivity index (χ0v) is 18.3. The third-order valence-electron chi connectivity index (χ3n) is 4.36. The molecular weight excluding hydrogens is 446 g/mol. The van der Waals surface area contributed by atoms with E-state index < -0.39 is 24.0 Å². The van der Waals surface area contributed by atoms with Crippen LogP contribution in [0.4, 0.5) is 10.5 Å². The number of halogens is 1. The number of methoxy groups -OCH3 is 1. The first-order chi connectivity index (χ1) is 14.8. The predicted molar refractivity (Wildman–Crippen MR) is 115 cm³/mol. The van der Waals surface area contributed by atoms with Crippen LogP contribution in [0.3, 0.4) is 0 Å². The number of amides is 2. The van der Waals surface area contributed by atoms with Crippen molar-refractivity contribution in [3.8, 4) is 5.75 Å². The van der Waals surface area contributed by atoms with E-state index in [9.17, 15) is 14.4 Å². The number of nitrogen functional groups attached to an aromatic ring is 1. The zero-order chi connectivity index (χ0) is 22.5. The van der Waals surface area contributed by atoms with Gasteiger partial charge in [-0.1, -0.05) is 17.7 Å². The maximum absolute atomic E-state index is 12.7. The molecule has 1 aliphatic rings. The highest BCUT2D eigenvalue weighted by Gasteiger charge is 2.35. The number of benzene rings is 1. The molecule has 1 aromatic heterocycles. The maximum atomic E-state index is 12.7. The van der Waals surface area contributed by atoms with Crippen LogP contribution in [0.1, 0.15) is 28.2 Å². The Labute approximate surface area is 187 Å². The van der Waals surface area contributed by atoms with Crippen molar-refractivity contribution in [2.24, 2.45) is 0 Å². The van der Waals surface area contributed by atoms with E-state index in [1.54, 1.807) is 19.1 Å². The van der Waals surface area contributed by atoms with E-state index in [-0.39, 0.29) is 46.5 Å². The summed E-state index contributed by atoms with van der Waals surface area (Å²) in [5, 5.41) is 7.21. The first-order valence-electron chi connectivity index (χ1n) is 9.16. The van der Waals surface area contributed by atoms with E-state index in [0.29, 0.717) is 0 Å². The average molecular weight is 466 g/mol. The van der Waals surface area contributed by atoms with Crippen molar-refractivity contribution in [1.29, 1.82) is 0 Å². The van der Waals surface area contributed by atoms with E-state index in [4.69, 9.17) is 31.5 Å². The second kappa shape index (κ2) is 9.71. The Morgan fingerprint density at radius 1 is 1.26 bits per heavy atom. The number of rotatable bonds is 7. The molecular formula is C20H20ClN3O6S. The largest absolute Gasteiger partial charge is 0.496 e. The number of hydrogen-bond acceptors (Lipinski definition) is 8. The molecule has 1 aromatic carbocycles. The number of urea groups is 1. The molecule has 0 bridgehead atoms. The lowest BCUT2D eigenvalue weighted by atomic mass is 10.0. The summed E-state index contributed by atoms with van der Waals surface area (Å²) in [5.74, 6) is -1.22. The summed E-state index contributed by atoms with van der Waals surface area (Å²) in [7, 11) is 1.37. The summed E-state index contributed by atoms with van der Waals surface area (Å²) in [6.07, 6.45) is 0. The minimum atomic E-state index is -0.769. The molecule has 0 radical (unpaired) electrons. The van der Waals surface area contributed by atoms with Gasteiger partial charge in [0.2, 0.25) is 0 Å². The monoisotopic (exact) mass is 465 g/mol. The van der Waals surface area contributed by atoms with E-state index in [2.05, 4.69) is 10.6 Å². The topological polar surface area (TPSA) is 129 Å². The van der Waals surface area contributed by atoms with Crippen LogP contribution in [-0.4, -0.2) is 38.3 Å². The summed E-state index contributed by atoms with van der Waals surface area (Å²) in [6, 6.07) is 5.04. The van der Waals surface area contributed by atoms with E-state index >= 15 is 0 Å². The van der Waals surface area contributed by atoms with Crippen molar-refractivity contribution in [2.45, 2.75) is 13.0 Å². The smallest absolute Gasteiger partial charge is 0.342 e. The molecule has 31 heavy (non-hydrogen) atoms. The molecule has 0 saturated heterocycles. The number of nitrogens with one attached hydrogen (secondary N) is 2. The van der Waals surface area contributed by atoms with Crippen molar-refractivity contribution >= 4 is 46.6 Å². The molecule has 2 aromatic rings. The van der Waals surface area contributed by atoms with Gasteiger partial charge in [-0.3, -0.25) is 0 Å². The lowest BCUT2D eigenvalue weighted by Gasteiger charge is -2.28. The van der Waals surface area contributed by atoms with Crippen molar-refractivity contribution in [3.63, 3.8) is 0 Å². The molecule has 0 aliphatic carbocycles. The van der Waals surface area contributed by atoms with E-state index in [1.807, 2.05) is 5.38 Å². The molecule has 2 heterocycles. The predicted octanol–water partition coefficient (Wildman–Crippen LogP) is 3.02. The number of anilines is 1. The molecule has 1 aliphatic heterocycles. The Morgan fingerprint density at radius 3 is 2.68 bits per heavy atom. The highest BCUT2D eigenvalue weighted by atomic mass is 35.5. The average Bonchev–Trinajstić information content (AvgIpc) is 3.28. The van der Waals surface area contributed by atoms with Crippen molar-refractivity contribution in [3.05, 3.63) is 56.4 Å². The quantitative estimate of drug-likeness (QED) is 0.423. The number of thiophene rings is 1. The fourth-order valence-corrected chi connectivity index (χ4v) is 3.91. The Kier molecular flexibility index (Phi) is 7.03. The van der Waals surface area contributed by atoms with Crippen LogP contribution in [0.25, 0.3) is 0 Å². The molecule has 1 atom stereocenters. The molecule has 2 amide bonds. The van der Waals surface area contributed by atoms with Gasteiger partial charge >= 0.3 is 18.0 Å². The Bertz CT molecular complexity index is 1040. The molecule has 0 spiro atoms. The number of carbonyl (C=O) groups is 3. The summed E-state index contributed by atoms with van der Waals surface area (Å²) in [5.41, 5.74) is 6.30. The number of nitrogens with two attached hydrogens (primary N) is 1. The van der Waals surface area contributed by atoms with Crippen molar-refractivity contribution in [1.82, 2.24) is 10.6 Å². The number of carbonyl (C=O) groups excluding carboxylic acids is 3. The molecule has 4 N–H and O–H groups in total. The third-order valence-corrected chi connectivity index (χ3v) is 5.63. The number of esters is 2. The summed E-state index contributed by atoms with van der Waals surface area (Å²) < 4.78 is 15.7. The van der Waals surface area contributed by atoms with Crippen LogP contribution < -0.4 is 21.1 Å². The fourth-order valence-electron chi connectivity index (χ4n) is 2.96. The highest BCUT2D eigenvalue weighted by Crippen LogP contribution is 2.32. The standard InChI is InChI=1S/C20H20ClN3O6S/c1-3-29-19(26)16-13(23-20(27)24-17(16)15-5-4-6-31-15)9-30-18(25)10-7-11(21)12(22)8-14(10)28-2/h4-8,17H,3,9,22H2,1-2H3,(H2,23,24,27). The minimum Gasteiger partial charge on any atom is -0.496 e. The maximum Gasteiger partial charge on any atom is 0.342 e. The first kappa shape index (κ1) is 22.4. The fraction of sp³-hybridized carbons (Fsp3) is 0.250. The van der Waals surface area contributed by atoms with Crippen molar-refractivity contribution < 1.29 is 28.6 Å². The van der Waals surface area contributed by atoms with Crippen molar-refractivity contribution in [2.75, 3.05) is 26.1 Å². The minimum absolute atomic E-state index is 0.0510. The third kappa shape index (κ3) is 4.92. The second-order valence-electron chi connectivity index (χ2n) is 6.31. The van der Waals surface area contributed by atoms with Crippen LogP contribution in [0.5, 0.6) is 5.75 Å². The zero-order valence-electron chi connectivity index (χ0n) is 16.7. The highest BCUT2D eigenvalue weighted by molar-refractivity contribution is 7.10. The summed E-state index contributed by atoms with van der Waals surface area (Å²) in [4.78, 5) is 38.3. The lowest BCUT2D eigenvalue weighted by Crippen LogP contribution is -2.46. The van der Waals surface area contributed by atoms with Crippen LogP contribution in [0.15, 0.2) is 40.9 Å². The van der Waals surface area contributed by atoms with Gasteiger partial charge in [0.25, 0.3) is 0 Å². The molecule has 3 rings (SSSR count). The van der Waals surface area contributed by atoms with Gasteiger partial charge in [-0.05, 0) is 24.4 Å². The molecule has 9 nitrogen and oxygen atoms in total. The van der Waals surface area contributed by atoms with E-state index in [0.717, 1.165) is 4.88 Å². The first-order valence-corrected chi connectivity index (χ1v) is 10.4. The number of hydrogen-bond donors (Lipinski definition) is 3. The van der Waals surface area contributed by atoms with Gasteiger partial charge in [0, 0.05) is 10.9 Å². The molecule has 1 unspecified atom stereocenters. The van der Waals surface area contributed by atoms with Crippen LogP contribution in [-0.2, 0) is 14.3 Å². The molecule has 11 heteroatoms. The van der Waals surface area contributed by atoms with Crippen LogP contribution in [0, 0.1) is 0 Å². The van der Waals surface area contributed by atoms with Gasteiger partial charge in [-0.15, -0.1) is 11.3 Å². The van der Waals surface area contributed by atoms with Gasteiger partial charge < -0.3 is 30.6 Å². The Balaban J connectivity index is 1.92. The second-order valence-corrected chi connectivity index (χ2v) is 7.70. The Hall–Kier alpha value is -3.24. The lowest BCUT2D eigenvalue weighted by molar-refractivity contribution is -0.139. The van der Waals surface area contributed by atoms with Gasteiger partial charge in [0.15, 0.2) is 0 Å². The van der Waals surface area contributed by atoms with Crippen LogP contribution >= 0.6 is 22.9 Å². The van der Waals surface area contributed by atoms with Crippen LogP contribution in [0.2, 0.25) is 5.02 Å². The summed E-state index contributed by atoms with van der Waals surface area (Å²) >= 11 is 7.37. The SMILES string of the molecule is CCOC(=O)C1=C(COC(=O)c2cc(Cl)c(N)cc2OC)NC(=O)NC1c1cccs1. The van der Waals surface area contributed by atoms with Gasteiger partial charge in [-0.2, -0.15) is 0 Å². The number of ether oxygens (including phenoxy) is 3.